The van der Waals surface area contributed by atoms with Crippen LogP contribution in [0.1, 0.15) is 232 Å². The molecule has 9 nitrogen and oxygen atoms in total. The van der Waals surface area contributed by atoms with Crippen LogP contribution in [0.25, 0.3) is 0 Å². The van der Waals surface area contributed by atoms with Crippen molar-refractivity contribution in [2.24, 2.45) is 5.73 Å². The van der Waals surface area contributed by atoms with Gasteiger partial charge in [-0.3, -0.25) is 18.6 Å². The Bertz CT molecular complexity index is 2010. The fourth-order valence-corrected chi connectivity index (χ4v) is 8.87. The minimum atomic E-state index is -4.41. The number of esters is 2. The summed E-state index contributed by atoms with van der Waals surface area (Å²) in [6, 6.07) is 0. The van der Waals surface area contributed by atoms with Crippen molar-refractivity contribution in [2.45, 2.75) is 238 Å². The number of phosphoric acid groups is 1. The first-order valence-electron chi connectivity index (χ1n) is 32.3. The number of hydrogen-bond donors (Lipinski definition) is 2. The number of ether oxygens (including phenoxy) is 2. The van der Waals surface area contributed by atoms with Crippen molar-refractivity contribution in [3.63, 3.8) is 0 Å². The molecule has 466 valence electrons. The van der Waals surface area contributed by atoms with Crippen molar-refractivity contribution < 1.29 is 37.6 Å². The minimum Gasteiger partial charge on any atom is -0.462 e. The van der Waals surface area contributed by atoms with Crippen molar-refractivity contribution in [2.75, 3.05) is 26.4 Å². The summed E-state index contributed by atoms with van der Waals surface area (Å²) in [6.07, 6.45) is 99.6. The van der Waals surface area contributed by atoms with Crippen LogP contribution >= 0.6 is 7.82 Å². The van der Waals surface area contributed by atoms with Crippen molar-refractivity contribution >= 4 is 19.8 Å². The van der Waals surface area contributed by atoms with Crippen molar-refractivity contribution in [3.05, 3.63) is 182 Å². The van der Waals surface area contributed by atoms with Crippen LogP contribution in [0.3, 0.4) is 0 Å². The van der Waals surface area contributed by atoms with E-state index in [-0.39, 0.29) is 32.6 Å². The Hall–Kier alpha value is -4.89. The lowest BCUT2D eigenvalue weighted by molar-refractivity contribution is -0.161. The van der Waals surface area contributed by atoms with Crippen molar-refractivity contribution in [1.29, 1.82) is 0 Å². The summed E-state index contributed by atoms with van der Waals surface area (Å²) in [4.78, 5) is 35.3. The molecule has 0 aromatic carbocycles. The Morgan fingerprint density at radius 2 is 0.627 bits per heavy atom. The zero-order valence-corrected chi connectivity index (χ0v) is 53.0. The molecule has 0 rings (SSSR count). The summed E-state index contributed by atoms with van der Waals surface area (Å²) >= 11 is 0. The van der Waals surface area contributed by atoms with Crippen LogP contribution in [0, 0.1) is 0 Å². The van der Waals surface area contributed by atoms with Crippen LogP contribution in [-0.4, -0.2) is 49.3 Å². The predicted octanol–water partition coefficient (Wildman–Crippen LogP) is 21.2. The normalized spacial score (nSPS) is 14.2. The van der Waals surface area contributed by atoms with Gasteiger partial charge in [0, 0.05) is 19.4 Å². The maximum Gasteiger partial charge on any atom is 0.472 e. The number of hydrogen-bond acceptors (Lipinski definition) is 8. The van der Waals surface area contributed by atoms with Crippen LogP contribution < -0.4 is 5.73 Å². The van der Waals surface area contributed by atoms with Gasteiger partial charge < -0.3 is 20.1 Å². The first-order chi connectivity index (χ1) is 40.8. The van der Waals surface area contributed by atoms with Gasteiger partial charge in [0.25, 0.3) is 0 Å². The lowest BCUT2D eigenvalue weighted by Crippen LogP contribution is -2.29. The average molecular weight is 1170 g/mol. The average Bonchev–Trinajstić information content (AvgIpc) is 3.49. The van der Waals surface area contributed by atoms with Crippen LogP contribution in [0.15, 0.2) is 182 Å². The molecule has 0 aromatic heterocycles. The molecule has 2 atom stereocenters. The summed E-state index contributed by atoms with van der Waals surface area (Å²) in [5.41, 5.74) is 5.39. The highest BCUT2D eigenvalue weighted by Gasteiger charge is 2.26. The Labute approximate surface area is 507 Å². The van der Waals surface area contributed by atoms with Gasteiger partial charge in [0.15, 0.2) is 6.10 Å². The molecule has 0 radical (unpaired) electrons. The van der Waals surface area contributed by atoms with E-state index in [0.29, 0.717) is 12.8 Å². The number of allylic oxidation sites excluding steroid dienone is 30. The quantitative estimate of drug-likeness (QED) is 0.0264. The van der Waals surface area contributed by atoms with E-state index < -0.39 is 32.5 Å². The highest BCUT2D eigenvalue weighted by atomic mass is 31.2. The zero-order chi connectivity index (χ0) is 60.1. The Kier molecular flexibility index (Phi) is 62.3. The molecule has 0 heterocycles. The first-order valence-corrected chi connectivity index (χ1v) is 33.8. The van der Waals surface area contributed by atoms with Gasteiger partial charge >= 0.3 is 19.8 Å². The molecule has 0 saturated heterocycles. The number of unbranched alkanes of at least 4 members (excludes halogenated alkanes) is 15. The molecule has 0 aliphatic carbocycles. The van der Waals surface area contributed by atoms with E-state index in [9.17, 15) is 19.0 Å². The van der Waals surface area contributed by atoms with Crippen LogP contribution in [0.4, 0.5) is 0 Å². The Morgan fingerprint density at radius 1 is 0.361 bits per heavy atom. The topological polar surface area (TPSA) is 134 Å². The maximum absolute atomic E-state index is 12.7. The molecular weight excluding hydrogens is 1050 g/mol. The molecule has 0 spiro atoms. The highest BCUT2D eigenvalue weighted by molar-refractivity contribution is 7.47. The molecule has 0 aliphatic heterocycles. The fourth-order valence-electron chi connectivity index (χ4n) is 8.10. The highest BCUT2D eigenvalue weighted by Crippen LogP contribution is 2.43. The largest absolute Gasteiger partial charge is 0.472 e. The standard InChI is InChI=1S/C73H116NO8P/c1-3-5-7-9-11-13-15-17-19-21-23-25-27-29-30-31-32-33-34-35-36-37-38-39-40-42-44-46-48-50-52-54-56-58-60-62-64-66-73(76)82-71(70-81-83(77,78)80-68-67-74)69-79-72(75)65-63-61-59-57-55-53-51-49-47-45-43-41-28-26-24-22-20-18-16-14-12-10-8-6-4-2/h5-8,11-14,17-20,23-26,29-30,32-33,35-36,38-39,41,43,47,49,53,55,71H,3-4,9-10,15-16,21-22,27-28,31,34,37,40,42,44-46,48,50-52,54,56-70,74H2,1-2H3,(H,77,78)/b7-5-,8-6-,13-11-,14-12-,19-17-,20-18-,25-23-,26-24-,30-29-,33-32-,36-35-,39-38-,43-41-,49-47-,55-53-. The van der Waals surface area contributed by atoms with Crippen LogP contribution in [-0.2, 0) is 32.7 Å². The molecule has 0 saturated carbocycles. The van der Waals surface area contributed by atoms with Gasteiger partial charge in [-0.1, -0.05) is 267 Å². The maximum atomic E-state index is 12.7. The minimum absolute atomic E-state index is 0.0386. The van der Waals surface area contributed by atoms with E-state index in [1.807, 2.05) is 0 Å². The third-order valence-corrected chi connectivity index (χ3v) is 13.8. The van der Waals surface area contributed by atoms with Crippen LogP contribution in [0.2, 0.25) is 0 Å². The second-order valence-electron chi connectivity index (χ2n) is 20.5. The molecule has 3 N–H and O–H groups in total. The molecule has 0 aromatic rings. The number of phosphoric ester groups is 1. The van der Waals surface area contributed by atoms with E-state index in [1.54, 1.807) is 0 Å². The van der Waals surface area contributed by atoms with Gasteiger partial charge in [-0.25, -0.2) is 4.57 Å². The van der Waals surface area contributed by atoms with Gasteiger partial charge in [0.05, 0.1) is 13.2 Å². The smallest absolute Gasteiger partial charge is 0.462 e. The second-order valence-corrected chi connectivity index (χ2v) is 22.0. The predicted molar refractivity (Wildman–Crippen MR) is 357 cm³/mol. The third kappa shape index (κ3) is 66.1. The van der Waals surface area contributed by atoms with Crippen molar-refractivity contribution in [1.82, 2.24) is 0 Å². The lowest BCUT2D eigenvalue weighted by atomic mass is 10.0. The summed E-state index contributed by atoms with van der Waals surface area (Å²) in [5, 5.41) is 0. The summed E-state index contributed by atoms with van der Waals surface area (Å²) in [6.45, 7) is 3.45. The fraction of sp³-hybridized carbons (Fsp3) is 0.562. The van der Waals surface area contributed by atoms with E-state index in [0.717, 1.165) is 141 Å². The number of nitrogens with two attached hydrogens (primary N) is 1. The monoisotopic (exact) mass is 1170 g/mol. The van der Waals surface area contributed by atoms with Crippen molar-refractivity contribution in [3.8, 4) is 0 Å². The number of carbonyl (C=O) groups excluding carboxylic acids is 2. The van der Waals surface area contributed by atoms with Gasteiger partial charge in [0.1, 0.15) is 6.61 Å². The SMILES string of the molecule is CC/C=C\C/C=C\C/C=C\C/C=C\C/C=C\C/C=C\C/C=C\C/C=C\CCCCCCCCCCCCCCC(=O)OC(COC(=O)CCCCC/C=C\C/C=C\C/C=C\C/C=C\C/C=C\C/C=C\C/C=C\CC)COP(=O)(O)OCCN. The van der Waals surface area contributed by atoms with Gasteiger partial charge in [-0.15, -0.1) is 0 Å². The van der Waals surface area contributed by atoms with E-state index >= 15 is 0 Å². The van der Waals surface area contributed by atoms with Gasteiger partial charge in [-0.05, 0) is 135 Å². The first kappa shape index (κ1) is 78.1. The van der Waals surface area contributed by atoms with E-state index in [1.165, 1.54) is 51.4 Å². The summed E-state index contributed by atoms with van der Waals surface area (Å²) in [7, 11) is -4.41. The van der Waals surface area contributed by atoms with E-state index in [4.69, 9.17) is 24.3 Å². The summed E-state index contributed by atoms with van der Waals surface area (Å²) < 4.78 is 33.1. The second kappa shape index (κ2) is 66.3. The molecule has 0 amide bonds. The zero-order valence-electron chi connectivity index (χ0n) is 52.1. The molecule has 0 aliphatic rings. The lowest BCUT2D eigenvalue weighted by Gasteiger charge is -2.19. The van der Waals surface area contributed by atoms with E-state index in [2.05, 4.69) is 196 Å². The third-order valence-electron chi connectivity index (χ3n) is 12.8. The summed E-state index contributed by atoms with van der Waals surface area (Å²) in [5.74, 6) is -0.881. The van der Waals surface area contributed by atoms with Gasteiger partial charge in [-0.2, -0.15) is 0 Å². The number of carbonyl (C=O) groups is 2. The molecular formula is C73H116NO8P. The molecule has 10 heteroatoms. The molecule has 2 unspecified atom stereocenters. The molecule has 83 heavy (non-hydrogen) atoms. The molecule has 0 bridgehead atoms. The Balaban J connectivity index is 4.03. The molecule has 0 fully saturated rings. The number of rotatable bonds is 58. The van der Waals surface area contributed by atoms with Gasteiger partial charge in [0.2, 0.25) is 0 Å². The Morgan fingerprint density at radius 3 is 0.940 bits per heavy atom. The van der Waals surface area contributed by atoms with Crippen LogP contribution in [0.5, 0.6) is 0 Å².